The van der Waals surface area contributed by atoms with Crippen molar-refractivity contribution < 1.29 is 0 Å². The smallest absolute Gasteiger partial charge is 0.253 e. The van der Waals surface area contributed by atoms with Crippen LogP contribution in [0.5, 0.6) is 0 Å². The Bertz CT molecular complexity index is 885. The first-order valence-corrected chi connectivity index (χ1v) is 8.16. The first-order chi connectivity index (χ1) is 11.1. The van der Waals surface area contributed by atoms with Crippen LogP contribution < -0.4 is 21.5 Å². The molecule has 0 saturated carbocycles. The van der Waals surface area contributed by atoms with Gasteiger partial charge in [0, 0.05) is 27.7 Å². The zero-order valence-electron chi connectivity index (χ0n) is 12.3. The monoisotopic (exact) mass is 419 g/mol. The van der Waals surface area contributed by atoms with E-state index in [1.807, 2.05) is 31.2 Å². The quantitative estimate of drug-likeness (QED) is 0.491. The summed E-state index contributed by atoms with van der Waals surface area (Å²) in [6, 6.07) is 11.4. The largest absolute Gasteiger partial charge is 0.373 e. The van der Waals surface area contributed by atoms with E-state index >= 15 is 0 Å². The molecule has 0 saturated heterocycles. The van der Waals surface area contributed by atoms with Crippen molar-refractivity contribution in [3.8, 4) is 0 Å². The fraction of sp³-hybridized carbons (Fsp3) is 0.118. The van der Waals surface area contributed by atoms with Gasteiger partial charge in [0.2, 0.25) is 0 Å². The highest BCUT2D eigenvalue weighted by atomic mass is 127. The molecule has 0 bridgehead atoms. The highest BCUT2D eigenvalue weighted by Gasteiger charge is 2.22. The summed E-state index contributed by atoms with van der Waals surface area (Å²) < 4.78 is 1.15. The van der Waals surface area contributed by atoms with E-state index in [0.29, 0.717) is 11.4 Å². The van der Waals surface area contributed by atoms with Gasteiger partial charge in [0.15, 0.2) is 0 Å². The fourth-order valence-corrected chi connectivity index (χ4v) is 2.64. The molecule has 1 heterocycles. The van der Waals surface area contributed by atoms with E-state index in [-0.39, 0.29) is 6.04 Å². The number of aromatic nitrogens is 1. The molecule has 1 unspecified atom stereocenters. The van der Waals surface area contributed by atoms with Crippen molar-refractivity contribution in [1.29, 1.82) is 0 Å². The van der Waals surface area contributed by atoms with Gasteiger partial charge in [-0.2, -0.15) is 0 Å². The van der Waals surface area contributed by atoms with E-state index in [2.05, 4.69) is 38.2 Å². The first kappa shape index (κ1) is 15.7. The minimum absolute atomic E-state index is 0.0757. The van der Waals surface area contributed by atoms with Gasteiger partial charge in [-0.25, -0.2) is 0 Å². The molecule has 0 aliphatic rings. The molecule has 6 heteroatoms. The van der Waals surface area contributed by atoms with Gasteiger partial charge < -0.3 is 10.6 Å². The number of pyridine rings is 1. The van der Waals surface area contributed by atoms with Gasteiger partial charge >= 0.3 is 0 Å². The molecule has 0 amide bonds. The van der Waals surface area contributed by atoms with E-state index in [4.69, 9.17) is 0 Å². The average Bonchev–Trinajstić information content (AvgIpc) is 2.59. The molecule has 0 spiro atoms. The second-order valence-electron chi connectivity index (χ2n) is 5.19. The van der Waals surface area contributed by atoms with Gasteiger partial charge in [0.05, 0.1) is 0 Å². The number of hydrogen-bond donors (Lipinski definition) is 2. The molecule has 1 aromatic heterocycles. The summed E-state index contributed by atoms with van der Waals surface area (Å²) in [5.41, 5.74) is 1.42. The SMILES string of the molecule is CC(Nc1c(Nc2ccncc2)c(=O)c1=O)c1ccc(I)cc1. The zero-order valence-corrected chi connectivity index (χ0v) is 14.5. The Morgan fingerprint density at radius 3 is 2.22 bits per heavy atom. The van der Waals surface area contributed by atoms with Gasteiger partial charge in [0.1, 0.15) is 11.4 Å². The second-order valence-corrected chi connectivity index (χ2v) is 6.43. The topological polar surface area (TPSA) is 71.1 Å². The number of rotatable bonds is 5. The lowest BCUT2D eigenvalue weighted by atomic mass is 10.1. The van der Waals surface area contributed by atoms with E-state index < -0.39 is 10.9 Å². The van der Waals surface area contributed by atoms with Gasteiger partial charge in [-0.1, -0.05) is 12.1 Å². The molecule has 3 rings (SSSR count). The van der Waals surface area contributed by atoms with Crippen LogP contribution in [-0.4, -0.2) is 4.98 Å². The third-order valence-electron chi connectivity index (χ3n) is 3.59. The number of anilines is 3. The van der Waals surface area contributed by atoms with Crippen molar-refractivity contribution >= 4 is 39.7 Å². The maximum Gasteiger partial charge on any atom is 0.253 e. The molecule has 0 fully saturated rings. The summed E-state index contributed by atoms with van der Waals surface area (Å²) in [4.78, 5) is 27.6. The molecule has 0 aliphatic heterocycles. The first-order valence-electron chi connectivity index (χ1n) is 7.08. The molecule has 0 radical (unpaired) electrons. The van der Waals surface area contributed by atoms with Crippen molar-refractivity contribution in [2.45, 2.75) is 13.0 Å². The highest BCUT2D eigenvalue weighted by Crippen LogP contribution is 2.25. The molecular formula is C17H14IN3O2. The predicted octanol–water partition coefficient (Wildman–Crippen LogP) is 3.20. The standard InChI is InChI=1S/C17H14IN3O2/c1-10(11-2-4-12(18)5-3-11)20-14-15(17(23)16(14)22)21-13-6-8-19-9-7-13/h2-10,20H,1H3,(H,19,21). The third kappa shape index (κ3) is 3.26. The minimum Gasteiger partial charge on any atom is -0.373 e. The van der Waals surface area contributed by atoms with Crippen LogP contribution >= 0.6 is 22.6 Å². The molecule has 3 aromatic rings. The zero-order chi connectivity index (χ0) is 16.4. The highest BCUT2D eigenvalue weighted by molar-refractivity contribution is 14.1. The molecule has 5 nitrogen and oxygen atoms in total. The van der Waals surface area contributed by atoms with Gasteiger partial charge in [-0.3, -0.25) is 14.6 Å². The summed E-state index contributed by atoms with van der Waals surface area (Å²) in [7, 11) is 0. The van der Waals surface area contributed by atoms with Crippen molar-refractivity contribution in [2.24, 2.45) is 0 Å². The fourth-order valence-electron chi connectivity index (χ4n) is 2.28. The van der Waals surface area contributed by atoms with Crippen LogP contribution in [0.3, 0.4) is 0 Å². The van der Waals surface area contributed by atoms with E-state index in [1.165, 1.54) is 0 Å². The number of halogens is 1. The Balaban J connectivity index is 1.81. The molecule has 2 N–H and O–H groups in total. The van der Waals surface area contributed by atoms with Crippen molar-refractivity contribution in [3.63, 3.8) is 0 Å². The predicted molar refractivity (Wildman–Crippen MR) is 100 cm³/mol. The van der Waals surface area contributed by atoms with Gasteiger partial charge in [0.25, 0.3) is 10.9 Å². The summed E-state index contributed by atoms with van der Waals surface area (Å²) in [5, 5.41) is 6.11. The lowest BCUT2D eigenvalue weighted by Crippen LogP contribution is -2.37. The normalized spacial score (nSPS) is 12.1. The van der Waals surface area contributed by atoms with Crippen molar-refractivity contribution in [1.82, 2.24) is 4.98 Å². The summed E-state index contributed by atoms with van der Waals surface area (Å²) in [6.07, 6.45) is 3.24. The molecule has 23 heavy (non-hydrogen) atoms. The molecular weight excluding hydrogens is 405 g/mol. The minimum atomic E-state index is -0.501. The van der Waals surface area contributed by atoms with E-state index in [0.717, 1.165) is 14.8 Å². The van der Waals surface area contributed by atoms with E-state index in [1.54, 1.807) is 24.5 Å². The van der Waals surface area contributed by atoms with Gasteiger partial charge in [-0.15, -0.1) is 0 Å². The van der Waals surface area contributed by atoms with E-state index in [9.17, 15) is 9.59 Å². The summed E-state index contributed by atoms with van der Waals surface area (Å²) in [6.45, 7) is 1.95. The van der Waals surface area contributed by atoms with Crippen LogP contribution in [0.1, 0.15) is 18.5 Å². The molecule has 116 valence electrons. The second kappa shape index (κ2) is 6.49. The Morgan fingerprint density at radius 2 is 1.57 bits per heavy atom. The van der Waals surface area contributed by atoms with Gasteiger partial charge in [-0.05, 0) is 59.3 Å². The van der Waals surface area contributed by atoms with Crippen LogP contribution in [0.4, 0.5) is 17.1 Å². The number of benzene rings is 1. The average molecular weight is 419 g/mol. The maximum atomic E-state index is 11.9. The third-order valence-corrected chi connectivity index (χ3v) is 4.31. The number of nitrogens with one attached hydrogen (secondary N) is 2. The van der Waals surface area contributed by atoms with Crippen LogP contribution in [-0.2, 0) is 0 Å². The summed E-state index contributed by atoms with van der Waals surface area (Å²) in [5.74, 6) is 0. The lowest BCUT2D eigenvalue weighted by molar-refractivity contribution is 0.879. The van der Waals surface area contributed by atoms with Crippen molar-refractivity contribution in [2.75, 3.05) is 10.6 Å². The van der Waals surface area contributed by atoms with Crippen LogP contribution in [0.25, 0.3) is 0 Å². The number of nitrogens with zero attached hydrogens (tertiary/aromatic N) is 1. The summed E-state index contributed by atoms with van der Waals surface area (Å²) >= 11 is 2.24. The Hall–Kier alpha value is -2.22. The number of hydrogen-bond acceptors (Lipinski definition) is 5. The lowest BCUT2D eigenvalue weighted by Gasteiger charge is -2.20. The van der Waals surface area contributed by atoms with Crippen LogP contribution in [0, 0.1) is 3.57 Å². The molecule has 0 aliphatic carbocycles. The maximum absolute atomic E-state index is 11.9. The Labute approximate surface area is 146 Å². The van der Waals surface area contributed by atoms with Crippen molar-refractivity contribution in [3.05, 3.63) is 78.4 Å². The Morgan fingerprint density at radius 1 is 0.957 bits per heavy atom. The Kier molecular flexibility index (Phi) is 4.42. The molecule has 2 aromatic carbocycles. The van der Waals surface area contributed by atoms with Crippen LogP contribution in [0.15, 0.2) is 58.4 Å². The molecule has 1 atom stereocenters. The van der Waals surface area contributed by atoms with Crippen LogP contribution in [0.2, 0.25) is 0 Å².